The second-order valence-corrected chi connectivity index (χ2v) is 9.04. The van der Waals surface area contributed by atoms with Gasteiger partial charge in [-0.25, -0.2) is 0 Å². The summed E-state index contributed by atoms with van der Waals surface area (Å²) in [7, 11) is 0. The van der Waals surface area contributed by atoms with Gasteiger partial charge in [-0.2, -0.15) is 0 Å². The first-order valence-electron chi connectivity index (χ1n) is 10.7. The molecule has 1 amide bonds. The quantitative estimate of drug-likeness (QED) is 0.394. The number of hydrogen-bond donors (Lipinski definition) is 2. The number of carboxylic acids is 1. The Bertz CT molecular complexity index is 524. The van der Waals surface area contributed by atoms with Crippen molar-refractivity contribution in [3.05, 3.63) is 12.2 Å². The number of carbonyl (C=O) groups excluding carboxylic acids is 1. The fourth-order valence-corrected chi connectivity index (χ4v) is 4.15. The van der Waals surface area contributed by atoms with Crippen LogP contribution in [0.2, 0.25) is 0 Å². The van der Waals surface area contributed by atoms with Gasteiger partial charge < -0.3 is 15.1 Å². The number of rotatable bonds is 12. The number of likely N-dealkylation sites (tertiary alicyclic amines) is 1. The fourth-order valence-electron chi connectivity index (χ4n) is 4.15. The Morgan fingerprint density at radius 2 is 1.96 bits per heavy atom. The van der Waals surface area contributed by atoms with Crippen LogP contribution in [0.25, 0.3) is 0 Å². The zero-order valence-electron chi connectivity index (χ0n) is 17.0. The molecule has 5 heteroatoms. The minimum atomic E-state index is -0.743. The van der Waals surface area contributed by atoms with E-state index in [9.17, 15) is 14.7 Å². The minimum absolute atomic E-state index is 0.0601. The molecule has 0 aromatic rings. The SMILES string of the molecule is CC1(C)CC(C=CC(O)CCC2CCC2)N(CCCCCCC(=O)O)C1=O. The molecule has 5 nitrogen and oxygen atoms in total. The molecule has 2 atom stereocenters. The Labute approximate surface area is 163 Å². The number of carboxylic acid groups (broad SMARTS) is 1. The van der Waals surface area contributed by atoms with E-state index >= 15 is 0 Å². The van der Waals surface area contributed by atoms with Gasteiger partial charge in [-0.05, 0) is 38.0 Å². The summed E-state index contributed by atoms with van der Waals surface area (Å²) in [6.07, 6.45) is 13.8. The molecule has 2 aliphatic rings. The number of aliphatic carboxylic acids is 1. The zero-order valence-corrected chi connectivity index (χ0v) is 17.0. The number of hydrogen-bond acceptors (Lipinski definition) is 3. The van der Waals surface area contributed by atoms with Gasteiger partial charge in [-0.1, -0.05) is 58.1 Å². The molecule has 1 aliphatic carbocycles. The molecular weight excluding hydrogens is 342 g/mol. The molecule has 2 unspecified atom stereocenters. The summed E-state index contributed by atoms with van der Waals surface area (Å²) in [5, 5.41) is 18.9. The first-order chi connectivity index (χ1) is 12.8. The van der Waals surface area contributed by atoms with Crippen LogP contribution < -0.4 is 0 Å². The number of nitrogens with zero attached hydrogens (tertiary/aromatic N) is 1. The van der Waals surface area contributed by atoms with E-state index in [1.165, 1.54) is 19.3 Å². The number of amides is 1. The Kier molecular flexibility index (Phi) is 8.33. The van der Waals surface area contributed by atoms with E-state index in [2.05, 4.69) is 0 Å². The molecule has 1 heterocycles. The summed E-state index contributed by atoms with van der Waals surface area (Å²) in [6, 6.07) is 0.0601. The van der Waals surface area contributed by atoms with Crippen molar-refractivity contribution >= 4 is 11.9 Å². The van der Waals surface area contributed by atoms with Gasteiger partial charge in [-0.3, -0.25) is 9.59 Å². The summed E-state index contributed by atoms with van der Waals surface area (Å²) in [5.41, 5.74) is -0.352. The van der Waals surface area contributed by atoms with E-state index < -0.39 is 12.1 Å². The van der Waals surface area contributed by atoms with E-state index in [1.54, 1.807) is 0 Å². The number of aliphatic hydroxyl groups is 1. The Morgan fingerprint density at radius 3 is 2.59 bits per heavy atom. The molecule has 0 aromatic carbocycles. The van der Waals surface area contributed by atoms with Gasteiger partial charge in [0.25, 0.3) is 0 Å². The average Bonchev–Trinajstić information content (AvgIpc) is 2.77. The topological polar surface area (TPSA) is 77.8 Å². The molecule has 154 valence electrons. The van der Waals surface area contributed by atoms with Crippen molar-refractivity contribution < 1.29 is 19.8 Å². The highest BCUT2D eigenvalue weighted by atomic mass is 16.4. The summed E-state index contributed by atoms with van der Waals surface area (Å²) in [5.74, 6) is 0.247. The molecule has 2 fully saturated rings. The summed E-state index contributed by atoms with van der Waals surface area (Å²) in [6.45, 7) is 4.70. The second-order valence-electron chi connectivity index (χ2n) is 9.04. The lowest BCUT2D eigenvalue weighted by molar-refractivity contribution is -0.137. The number of unbranched alkanes of at least 4 members (excludes halogenated alkanes) is 3. The van der Waals surface area contributed by atoms with Crippen LogP contribution >= 0.6 is 0 Å². The predicted octanol–water partition coefficient (Wildman–Crippen LogP) is 4.15. The summed E-state index contributed by atoms with van der Waals surface area (Å²) in [4.78, 5) is 25.2. The fraction of sp³-hybridized carbons (Fsp3) is 0.818. The smallest absolute Gasteiger partial charge is 0.303 e. The van der Waals surface area contributed by atoms with E-state index in [0.717, 1.165) is 44.4 Å². The van der Waals surface area contributed by atoms with Gasteiger partial charge in [-0.15, -0.1) is 0 Å². The molecule has 1 aliphatic heterocycles. The number of carbonyl (C=O) groups is 2. The normalized spacial score (nSPS) is 23.7. The van der Waals surface area contributed by atoms with Crippen molar-refractivity contribution in [2.45, 2.75) is 96.6 Å². The highest BCUT2D eigenvalue weighted by Crippen LogP contribution is 2.36. The van der Waals surface area contributed by atoms with Gasteiger partial charge in [0.05, 0.1) is 12.1 Å². The monoisotopic (exact) mass is 379 g/mol. The highest BCUT2D eigenvalue weighted by Gasteiger charge is 2.43. The van der Waals surface area contributed by atoms with Crippen LogP contribution in [0.15, 0.2) is 12.2 Å². The van der Waals surface area contributed by atoms with Crippen molar-refractivity contribution in [2.75, 3.05) is 6.54 Å². The lowest BCUT2D eigenvalue weighted by Gasteiger charge is -2.26. The molecule has 0 spiro atoms. The van der Waals surface area contributed by atoms with Crippen molar-refractivity contribution in [1.82, 2.24) is 4.90 Å². The van der Waals surface area contributed by atoms with E-state index in [-0.39, 0.29) is 23.8 Å². The Morgan fingerprint density at radius 1 is 1.26 bits per heavy atom. The second kappa shape index (κ2) is 10.3. The third-order valence-electron chi connectivity index (χ3n) is 6.15. The van der Waals surface area contributed by atoms with Crippen molar-refractivity contribution in [1.29, 1.82) is 0 Å². The van der Waals surface area contributed by atoms with Gasteiger partial charge >= 0.3 is 5.97 Å². The van der Waals surface area contributed by atoms with Gasteiger partial charge in [0.15, 0.2) is 0 Å². The molecule has 27 heavy (non-hydrogen) atoms. The van der Waals surface area contributed by atoms with Gasteiger partial charge in [0, 0.05) is 18.4 Å². The van der Waals surface area contributed by atoms with Crippen molar-refractivity contribution in [3.63, 3.8) is 0 Å². The molecule has 0 radical (unpaired) electrons. The first kappa shape index (κ1) is 21.9. The predicted molar refractivity (Wildman–Crippen MR) is 106 cm³/mol. The zero-order chi connectivity index (χ0) is 19.9. The average molecular weight is 380 g/mol. The van der Waals surface area contributed by atoms with Crippen molar-refractivity contribution in [3.8, 4) is 0 Å². The Balaban J connectivity index is 1.77. The van der Waals surface area contributed by atoms with E-state index in [4.69, 9.17) is 5.11 Å². The lowest BCUT2D eigenvalue weighted by atomic mass is 9.81. The largest absolute Gasteiger partial charge is 0.481 e. The Hall–Kier alpha value is -1.36. The third kappa shape index (κ3) is 6.95. The summed E-state index contributed by atoms with van der Waals surface area (Å²) >= 11 is 0. The van der Waals surface area contributed by atoms with Crippen LogP contribution in [0.3, 0.4) is 0 Å². The number of aliphatic hydroxyl groups excluding tert-OH is 1. The lowest BCUT2D eigenvalue weighted by Crippen LogP contribution is -2.35. The van der Waals surface area contributed by atoms with E-state index in [0.29, 0.717) is 13.0 Å². The third-order valence-corrected chi connectivity index (χ3v) is 6.15. The van der Waals surface area contributed by atoms with Gasteiger partial charge in [0.2, 0.25) is 5.91 Å². The van der Waals surface area contributed by atoms with Crippen LogP contribution in [0.4, 0.5) is 0 Å². The maximum absolute atomic E-state index is 12.7. The summed E-state index contributed by atoms with van der Waals surface area (Å²) < 4.78 is 0. The molecule has 1 saturated heterocycles. The highest BCUT2D eigenvalue weighted by molar-refractivity contribution is 5.85. The van der Waals surface area contributed by atoms with Crippen LogP contribution in [0.5, 0.6) is 0 Å². The first-order valence-corrected chi connectivity index (χ1v) is 10.7. The molecule has 2 N–H and O–H groups in total. The maximum Gasteiger partial charge on any atom is 0.303 e. The van der Waals surface area contributed by atoms with Gasteiger partial charge in [0.1, 0.15) is 0 Å². The maximum atomic E-state index is 12.7. The van der Waals surface area contributed by atoms with Crippen LogP contribution in [0, 0.1) is 11.3 Å². The van der Waals surface area contributed by atoms with Crippen LogP contribution in [0.1, 0.15) is 84.5 Å². The van der Waals surface area contributed by atoms with Crippen molar-refractivity contribution in [2.24, 2.45) is 11.3 Å². The molecule has 0 aromatic heterocycles. The van der Waals surface area contributed by atoms with E-state index in [1.807, 2.05) is 30.9 Å². The molecule has 0 bridgehead atoms. The molecule has 2 rings (SSSR count). The minimum Gasteiger partial charge on any atom is -0.481 e. The molecule has 1 saturated carbocycles. The standard InChI is InChI=1S/C22H37NO4/c1-22(2)16-18(12-14-19(24)13-11-17-8-7-9-17)23(21(22)27)15-6-4-3-5-10-20(25)26/h12,14,17-19,24H,3-11,13,15-16H2,1-2H3,(H,25,26). The molecular formula is C22H37NO4. The van der Waals surface area contributed by atoms with Crippen LogP contribution in [-0.4, -0.2) is 45.7 Å². The van der Waals surface area contributed by atoms with Crippen LogP contribution in [-0.2, 0) is 9.59 Å².